The lowest BCUT2D eigenvalue weighted by molar-refractivity contribution is -0.128. The minimum Gasteiger partial charge on any atom is -0.497 e. The third-order valence-electron chi connectivity index (χ3n) is 6.50. The van der Waals surface area contributed by atoms with E-state index >= 15 is 0 Å². The molecule has 2 N–H and O–H groups in total. The van der Waals surface area contributed by atoms with Crippen LogP contribution in [0.5, 0.6) is 5.75 Å². The Morgan fingerprint density at radius 2 is 1.64 bits per heavy atom. The molecule has 0 aliphatic rings. The van der Waals surface area contributed by atoms with Crippen LogP contribution in [0.15, 0.2) is 53.1 Å². The third kappa shape index (κ3) is 7.92. The molecule has 0 saturated heterocycles. The van der Waals surface area contributed by atoms with E-state index in [1.807, 2.05) is 52.8 Å². The maximum Gasteiger partial charge on any atom is 0.248 e. The van der Waals surface area contributed by atoms with E-state index in [0.29, 0.717) is 29.2 Å². The van der Waals surface area contributed by atoms with Gasteiger partial charge in [-0.3, -0.25) is 19.3 Å². The molecule has 1 heterocycles. The maximum absolute atomic E-state index is 13.9. The molecule has 0 aliphatic heterocycles. The molecule has 9 nitrogen and oxygen atoms in total. The zero-order chi connectivity index (χ0) is 28.7. The minimum absolute atomic E-state index is 0.0938. The van der Waals surface area contributed by atoms with Gasteiger partial charge in [-0.1, -0.05) is 30.3 Å². The molecule has 0 spiro atoms. The third-order valence-corrected chi connectivity index (χ3v) is 6.50. The average Bonchev–Trinajstić information content (AvgIpc) is 3.29. The van der Waals surface area contributed by atoms with Crippen LogP contribution in [0.4, 0.5) is 11.5 Å². The predicted molar refractivity (Wildman–Crippen MR) is 151 cm³/mol. The molecule has 1 atom stereocenters. The first kappa shape index (κ1) is 29.4. The summed E-state index contributed by atoms with van der Waals surface area (Å²) >= 11 is 0. The van der Waals surface area contributed by atoms with Crippen LogP contribution < -0.4 is 20.3 Å². The van der Waals surface area contributed by atoms with Crippen molar-refractivity contribution in [2.75, 3.05) is 17.3 Å². The summed E-state index contributed by atoms with van der Waals surface area (Å²) in [5.74, 6) is 0.420. The Hall–Kier alpha value is -4.14. The molecule has 0 radical (unpaired) electrons. The summed E-state index contributed by atoms with van der Waals surface area (Å²) in [4.78, 5) is 41.9. The number of aromatic nitrogens is 1. The zero-order valence-corrected chi connectivity index (χ0v) is 23.8. The lowest BCUT2D eigenvalue weighted by Gasteiger charge is -2.35. The number of benzene rings is 2. The lowest BCUT2D eigenvalue weighted by atomic mass is 9.97. The minimum atomic E-state index is -0.975. The number of ether oxygens (including phenoxy) is 1. The second-order valence-electron chi connectivity index (χ2n) is 10.4. The number of amides is 3. The van der Waals surface area contributed by atoms with Crippen LogP contribution in [0.1, 0.15) is 68.5 Å². The van der Waals surface area contributed by atoms with Crippen LogP contribution in [0.25, 0.3) is 0 Å². The van der Waals surface area contributed by atoms with Gasteiger partial charge in [-0.25, -0.2) is 0 Å². The van der Waals surface area contributed by atoms with E-state index in [1.165, 1.54) is 4.90 Å². The molecule has 9 heteroatoms. The fraction of sp³-hybridized carbons (Fsp3) is 0.400. The molecule has 0 aliphatic carbocycles. The van der Waals surface area contributed by atoms with Gasteiger partial charge in [-0.15, -0.1) is 0 Å². The molecule has 0 fully saturated rings. The van der Waals surface area contributed by atoms with E-state index < -0.39 is 11.6 Å². The standard InChI is InChI=1S/C30H38N4O5/c1-8-30(5,6)32-29(37)28(22-9-11-24(38-7)12-10-22)34(23-16-19(2)15-20(3)17-23)27(36)14-13-26(35)31-25-18-21(4)39-33-25/h9-12,15-18,28H,8,13-14H2,1-7H3,(H,32,37)(H,31,33,35)/t28-/m0/s1. The van der Waals surface area contributed by atoms with Gasteiger partial charge in [0.25, 0.3) is 0 Å². The van der Waals surface area contributed by atoms with Crippen LogP contribution in [0, 0.1) is 20.8 Å². The fourth-order valence-corrected chi connectivity index (χ4v) is 4.19. The molecular weight excluding hydrogens is 496 g/mol. The highest BCUT2D eigenvalue weighted by Crippen LogP contribution is 2.32. The normalized spacial score (nSPS) is 12.0. The molecule has 3 rings (SSSR count). The highest BCUT2D eigenvalue weighted by Gasteiger charge is 2.35. The summed E-state index contributed by atoms with van der Waals surface area (Å²) in [5.41, 5.74) is 2.61. The number of aryl methyl sites for hydroxylation is 3. The van der Waals surface area contributed by atoms with E-state index in [2.05, 4.69) is 15.8 Å². The number of carbonyl (C=O) groups is 3. The van der Waals surface area contributed by atoms with E-state index in [0.717, 1.165) is 11.1 Å². The van der Waals surface area contributed by atoms with Gasteiger partial charge in [0.15, 0.2) is 5.82 Å². The largest absolute Gasteiger partial charge is 0.497 e. The van der Waals surface area contributed by atoms with Crippen molar-refractivity contribution >= 4 is 29.2 Å². The second-order valence-corrected chi connectivity index (χ2v) is 10.4. The van der Waals surface area contributed by atoms with Crippen molar-refractivity contribution in [2.45, 2.75) is 72.4 Å². The summed E-state index contributed by atoms with van der Waals surface area (Å²) in [6.07, 6.45) is 0.490. The van der Waals surface area contributed by atoms with Crippen molar-refractivity contribution in [2.24, 2.45) is 0 Å². The first-order valence-electron chi connectivity index (χ1n) is 13.0. The predicted octanol–water partition coefficient (Wildman–Crippen LogP) is 5.41. The summed E-state index contributed by atoms with van der Waals surface area (Å²) in [6.45, 7) is 11.5. The monoisotopic (exact) mass is 534 g/mol. The number of carbonyl (C=O) groups excluding carboxylic acids is 3. The van der Waals surface area contributed by atoms with Crippen molar-refractivity contribution < 1.29 is 23.6 Å². The van der Waals surface area contributed by atoms with Crippen LogP contribution in [-0.4, -0.2) is 35.5 Å². The zero-order valence-electron chi connectivity index (χ0n) is 23.8. The Labute approximate surface area is 229 Å². The first-order chi connectivity index (χ1) is 18.4. The Balaban J connectivity index is 2.01. The lowest BCUT2D eigenvalue weighted by Crippen LogP contribution is -2.50. The molecule has 2 aromatic carbocycles. The molecular formula is C30H38N4O5. The topological polar surface area (TPSA) is 114 Å². The molecule has 39 heavy (non-hydrogen) atoms. The number of nitrogens with one attached hydrogen (secondary N) is 2. The number of methoxy groups -OCH3 is 1. The van der Waals surface area contributed by atoms with E-state index in [4.69, 9.17) is 9.26 Å². The number of nitrogens with zero attached hydrogens (tertiary/aromatic N) is 2. The van der Waals surface area contributed by atoms with Gasteiger partial charge in [-0.05, 0) is 82.0 Å². The Bertz CT molecular complexity index is 1290. The molecule has 208 valence electrons. The van der Waals surface area contributed by atoms with Crippen molar-refractivity contribution in [1.29, 1.82) is 0 Å². The number of hydrogen-bond donors (Lipinski definition) is 2. The van der Waals surface area contributed by atoms with Crippen molar-refractivity contribution in [3.05, 3.63) is 71.0 Å². The smallest absolute Gasteiger partial charge is 0.248 e. The van der Waals surface area contributed by atoms with E-state index in [9.17, 15) is 14.4 Å². The van der Waals surface area contributed by atoms with Gasteiger partial charge in [0.05, 0.1) is 7.11 Å². The molecule has 3 aromatic rings. The van der Waals surface area contributed by atoms with Gasteiger partial charge in [-0.2, -0.15) is 0 Å². The number of anilines is 2. The van der Waals surface area contributed by atoms with Crippen molar-refractivity contribution in [3.63, 3.8) is 0 Å². The van der Waals surface area contributed by atoms with Gasteiger partial charge in [0.1, 0.15) is 17.6 Å². The van der Waals surface area contributed by atoms with Crippen LogP contribution in [-0.2, 0) is 14.4 Å². The summed E-state index contributed by atoms with van der Waals surface area (Å²) < 4.78 is 10.3. The maximum atomic E-state index is 13.9. The van der Waals surface area contributed by atoms with Crippen LogP contribution >= 0.6 is 0 Å². The number of hydrogen-bond acceptors (Lipinski definition) is 6. The summed E-state index contributed by atoms with van der Waals surface area (Å²) in [6, 6.07) is 13.5. The first-order valence-corrected chi connectivity index (χ1v) is 13.0. The van der Waals surface area contributed by atoms with E-state index in [1.54, 1.807) is 44.4 Å². The fourth-order valence-electron chi connectivity index (χ4n) is 4.19. The SMILES string of the molecule is CCC(C)(C)NC(=O)[C@H](c1ccc(OC)cc1)N(C(=O)CCC(=O)Nc1cc(C)on1)c1cc(C)cc(C)c1. The highest BCUT2D eigenvalue weighted by molar-refractivity contribution is 6.03. The van der Waals surface area contributed by atoms with Gasteiger partial charge in [0.2, 0.25) is 17.7 Å². The Kier molecular flexibility index (Phi) is 9.51. The molecule has 0 unspecified atom stereocenters. The number of rotatable bonds is 11. The van der Waals surface area contributed by atoms with Gasteiger partial charge in [0, 0.05) is 30.1 Å². The molecule has 1 aromatic heterocycles. The van der Waals surface area contributed by atoms with Crippen molar-refractivity contribution in [1.82, 2.24) is 10.5 Å². The quantitative estimate of drug-likeness (QED) is 0.340. The Morgan fingerprint density at radius 3 is 2.18 bits per heavy atom. The van der Waals surface area contributed by atoms with Crippen LogP contribution in [0.3, 0.4) is 0 Å². The van der Waals surface area contributed by atoms with Crippen molar-refractivity contribution in [3.8, 4) is 5.75 Å². The Morgan fingerprint density at radius 1 is 1.00 bits per heavy atom. The summed E-state index contributed by atoms with van der Waals surface area (Å²) in [7, 11) is 1.57. The van der Waals surface area contributed by atoms with Gasteiger partial charge >= 0.3 is 0 Å². The molecule has 3 amide bonds. The average molecular weight is 535 g/mol. The second kappa shape index (κ2) is 12.6. The molecule has 0 saturated carbocycles. The summed E-state index contributed by atoms with van der Waals surface area (Å²) in [5, 5.41) is 9.51. The van der Waals surface area contributed by atoms with Gasteiger partial charge < -0.3 is 19.9 Å². The molecule has 0 bridgehead atoms. The van der Waals surface area contributed by atoms with E-state index in [-0.39, 0.29) is 36.4 Å². The van der Waals surface area contributed by atoms with Crippen LogP contribution in [0.2, 0.25) is 0 Å². The highest BCUT2D eigenvalue weighted by atomic mass is 16.5.